The van der Waals surface area contributed by atoms with Gasteiger partial charge in [0.2, 0.25) is 0 Å². The van der Waals surface area contributed by atoms with Crippen LogP contribution in [0.3, 0.4) is 0 Å². The molecule has 0 aromatic heterocycles. The van der Waals surface area contributed by atoms with Crippen molar-refractivity contribution in [3.8, 4) is 0 Å². The lowest BCUT2D eigenvalue weighted by atomic mass is 9.76. The molecule has 17 heavy (non-hydrogen) atoms. The Hall–Kier alpha value is -0.580. The van der Waals surface area contributed by atoms with Gasteiger partial charge in [-0.05, 0) is 17.9 Å². The maximum Gasteiger partial charge on any atom is 0.310 e. The smallest absolute Gasteiger partial charge is 0.310 e. The minimum atomic E-state index is 0.0514. The van der Waals surface area contributed by atoms with E-state index in [4.69, 9.17) is 4.74 Å². The van der Waals surface area contributed by atoms with Crippen molar-refractivity contribution in [2.45, 2.75) is 22.4 Å². The highest BCUT2D eigenvalue weighted by Crippen LogP contribution is 2.63. The fourth-order valence-corrected chi connectivity index (χ4v) is 5.52. The van der Waals surface area contributed by atoms with Crippen LogP contribution in [0, 0.1) is 17.8 Å². The average molecular weight is 340 g/mol. The molecule has 3 aliphatic rings. The Bertz CT molecular complexity index is 472. The number of carbonyl (C=O) groups excluding carboxylic acids is 1. The van der Waals surface area contributed by atoms with Gasteiger partial charge in [0.15, 0.2) is 0 Å². The third-order valence-corrected chi connectivity index (χ3v) is 6.34. The maximum atomic E-state index is 12.0. The minimum Gasteiger partial charge on any atom is -0.461 e. The SMILES string of the molecule is O=C1O[C@@H]2[C@H](I)[C@H]3C[C@@H]2[C@H]1[C@@H]3c1ccccc1. The molecule has 88 valence electrons. The number of hydrogen-bond donors (Lipinski definition) is 0. The lowest BCUT2D eigenvalue weighted by Crippen LogP contribution is -2.32. The van der Waals surface area contributed by atoms with Crippen molar-refractivity contribution in [1.82, 2.24) is 0 Å². The lowest BCUT2D eigenvalue weighted by Gasteiger charge is -2.28. The number of halogens is 1. The van der Waals surface area contributed by atoms with Gasteiger partial charge >= 0.3 is 5.97 Å². The first kappa shape index (κ1) is 10.4. The zero-order valence-electron chi connectivity index (χ0n) is 9.25. The van der Waals surface area contributed by atoms with E-state index in [1.165, 1.54) is 12.0 Å². The molecule has 1 aromatic carbocycles. The molecule has 1 aliphatic heterocycles. The van der Waals surface area contributed by atoms with E-state index in [0.717, 1.165) is 0 Å². The number of fused-ring (bicyclic) bond motifs is 1. The van der Waals surface area contributed by atoms with Crippen LogP contribution in [0.5, 0.6) is 0 Å². The highest BCUT2D eigenvalue weighted by Gasteiger charge is 2.65. The van der Waals surface area contributed by atoms with Crippen LogP contribution in [0.1, 0.15) is 17.9 Å². The van der Waals surface area contributed by atoms with Crippen LogP contribution < -0.4 is 0 Å². The Labute approximate surface area is 114 Å². The number of esters is 1. The Morgan fingerprint density at radius 2 is 1.88 bits per heavy atom. The van der Waals surface area contributed by atoms with Gasteiger partial charge in [-0.3, -0.25) is 4.79 Å². The van der Waals surface area contributed by atoms with Crippen molar-refractivity contribution in [2.24, 2.45) is 17.8 Å². The normalized spacial score (nSPS) is 46.3. The fourth-order valence-electron chi connectivity index (χ4n) is 4.10. The second-order valence-corrected chi connectivity index (χ2v) is 6.81. The first-order valence-electron chi connectivity index (χ1n) is 6.17. The average Bonchev–Trinajstić information content (AvgIpc) is 2.94. The molecule has 2 saturated carbocycles. The number of hydrogen-bond acceptors (Lipinski definition) is 2. The Morgan fingerprint density at radius 3 is 2.65 bits per heavy atom. The fraction of sp³-hybridized carbons (Fsp3) is 0.500. The summed E-state index contributed by atoms with van der Waals surface area (Å²) in [6, 6.07) is 10.5. The molecule has 3 heteroatoms. The minimum absolute atomic E-state index is 0.0514. The highest BCUT2D eigenvalue weighted by molar-refractivity contribution is 14.1. The molecule has 2 nitrogen and oxygen atoms in total. The van der Waals surface area contributed by atoms with E-state index in [2.05, 4.69) is 46.9 Å². The summed E-state index contributed by atoms with van der Waals surface area (Å²) in [6.07, 6.45) is 1.38. The lowest BCUT2D eigenvalue weighted by molar-refractivity contribution is -0.143. The van der Waals surface area contributed by atoms with E-state index >= 15 is 0 Å². The van der Waals surface area contributed by atoms with Crippen molar-refractivity contribution in [3.05, 3.63) is 35.9 Å². The summed E-state index contributed by atoms with van der Waals surface area (Å²) in [6.45, 7) is 0. The van der Waals surface area contributed by atoms with Crippen molar-refractivity contribution in [1.29, 1.82) is 0 Å². The van der Waals surface area contributed by atoms with Gasteiger partial charge in [-0.25, -0.2) is 0 Å². The predicted molar refractivity (Wildman–Crippen MR) is 72.0 cm³/mol. The topological polar surface area (TPSA) is 26.3 Å². The molecule has 4 rings (SSSR count). The molecule has 2 aliphatic carbocycles. The van der Waals surface area contributed by atoms with Gasteiger partial charge in [-0.15, -0.1) is 0 Å². The van der Waals surface area contributed by atoms with E-state index in [9.17, 15) is 4.79 Å². The summed E-state index contributed by atoms with van der Waals surface area (Å²) < 4.78 is 6.06. The van der Waals surface area contributed by atoms with Crippen molar-refractivity contribution >= 4 is 28.6 Å². The standard InChI is InChI=1S/C14H13IO2/c15-12-8-6-9-11(14(16)17-13(9)12)10(8)7-4-2-1-3-5-7/h1-5,8-13H,6H2/t8-,9+,10+,11-,12+,13-/m0/s1. The van der Waals surface area contributed by atoms with Crippen LogP contribution in [0.2, 0.25) is 0 Å². The molecule has 6 atom stereocenters. The van der Waals surface area contributed by atoms with E-state index in [0.29, 0.717) is 21.7 Å². The maximum absolute atomic E-state index is 12.0. The number of carbonyl (C=O) groups is 1. The summed E-state index contributed by atoms with van der Waals surface area (Å²) in [5.74, 6) is 1.70. The highest BCUT2D eigenvalue weighted by atomic mass is 127. The summed E-state index contributed by atoms with van der Waals surface area (Å²) in [5.41, 5.74) is 1.32. The largest absolute Gasteiger partial charge is 0.461 e. The van der Waals surface area contributed by atoms with E-state index in [-0.39, 0.29) is 18.0 Å². The van der Waals surface area contributed by atoms with Crippen LogP contribution in [0.15, 0.2) is 30.3 Å². The second-order valence-electron chi connectivity index (χ2n) is 5.37. The molecule has 0 spiro atoms. The van der Waals surface area contributed by atoms with Crippen molar-refractivity contribution in [2.75, 3.05) is 0 Å². The Balaban J connectivity index is 1.80. The third kappa shape index (κ3) is 1.23. The number of rotatable bonds is 1. The Morgan fingerprint density at radius 1 is 1.12 bits per heavy atom. The van der Waals surface area contributed by atoms with Gasteiger partial charge in [0, 0.05) is 11.8 Å². The summed E-state index contributed by atoms with van der Waals surface area (Å²) in [5, 5.41) is 0. The predicted octanol–water partition coefficient (Wildman–Crippen LogP) is 2.77. The molecule has 1 heterocycles. The number of ether oxygens (including phenoxy) is 1. The van der Waals surface area contributed by atoms with Crippen molar-refractivity contribution < 1.29 is 9.53 Å². The molecule has 0 N–H and O–H groups in total. The van der Waals surface area contributed by atoms with Gasteiger partial charge in [0.25, 0.3) is 0 Å². The Kier molecular flexibility index (Phi) is 2.11. The zero-order chi connectivity index (χ0) is 11.6. The van der Waals surface area contributed by atoms with E-state index < -0.39 is 0 Å². The molecular weight excluding hydrogens is 327 g/mol. The van der Waals surface area contributed by atoms with Gasteiger partial charge in [0.1, 0.15) is 6.10 Å². The van der Waals surface area contributed by atoms with Crippen LogP contribution in [0.4, 0.5) is 0 Å². The third-order valence-electron chi connectivity index (χ3n) is 4.71. The molecule has 1 saturated heterocycles. The first-order chi connectivity index (χ1) is 8.27. The van der Waals surface area contributed by atoms with Gasteiger partial charge in [-0.2, -0.15) is 0 Å². The molecule has 2 bridgehead atoms. The van der Waals surface area contributed by atoms with Crippen LogP contribution >= 0.6 is 22.6 Å². The molecule has 1 aromatic rings. The van der Waals surface area contributed by atoms with Crippen LogP contribution in [-0.4, -0.2) is 16.0 Å². The van der Waals surface area contributed by atoms with Gasteiger partial charge < -0.3 is 4.74 Å². The summed E-state index contributed by atoms with van der Waals surface area (Å²) >= 11 is 2.49. The van der Waals surface area contributed by atoms with Gasteiger partial charge in [0.05, 0.1) is 9.84 Å². The van der Waals surface area contributed by atoms with E-state index in [1.54, 1.807) is 0 Å². The van der Waals surface area contributed by atoms with Gasteiger partial charge in [-0.1, -0.05) is 52.9 Å². The van der Waals surface area contributed by atoms with E-state index in [1.807, 2.05) is 6.07 Å². The number of benzene rings is 1. The quantitative estimate of drug-likeness (QED) is 0.446. The van der Waals surface area contributed by atoms with Crippen LogP contribution in [0.25, 0.3) is 0 Å². The molecule has 3 fully saturated rings. The zero-order valence-corrected chi connectivity index (χ0v) is 11.4. The number of alkyl halides is 1. The van der Waals surface area contributed by atoms with Crippen LogP contribution in [-0.2, 0) is 9.53 Å². The first-order valence-corrected chi connectivity index (χ1v) is 7.41. The molecule has 0 amide bonds. The monoisotopic (exact) mass is 340 g/mol. The summed E-state index contributed by atoms with van der Waals surface area (Å²) in [4.78, 5) is 12.0. The molecular formula is C14H13IO2. The van der Waals surface area contributed by atoms with Crippen molar-refractivity contribution in [3.63, 3.8) is 0 Å². The molecule has 0 unspecified atom stereocenters. The molecule has 0 radical (unpaired) electrons. The second kappa shape index (κ2) is 3.46. The summed E-state index contributed by atoms with van der Waals surface area (Å²) in [7, 11) is 0.